The van der Waals surface area contributed by atoms with Crippen molar-refractivity contribution >= 4 is 5.70 Å². The first kappa shape index (κ1) is 16.5. The van der Waals surface area contributed by atoms with E-state index in [-0.39, 0.29) is 11.3 Å². The molecule has 0 aromatic heterocycles. The Labute approximate surface area is 136 Å². The molecule has 1 atom stereocenters. The van der Waals surface area contributed by atoms with Gasteiger partial charge in [0.1, 0.15) is 5.82 Å². The Balaban J connectivity index is 2.13. The van der Waals surface area contributed by atoms with Gasteiger partial charge in [-0.15, -0.1) is 0 Å². The molecule has 0 radical (unpaired) electrons. The van der Waals surface area contributed by atoms with Gasteiger partial charge in [0.25, 0.3) is 0 Å². The molecule has 0 amide bonds. The lowest BCUT2D eigenvalue weighted by Crippen LogP contribution is -2.42. The highest BCUT2D eigenvalue weighted by molar-refractivity contribution is 5.67. The fraction of sp³-hybridized carbons (Fsp3) is 0.222. The SMILES string of the molecule is Cc1cc(C)cc(C2(C(F)(F)F)C=C(c3ccc(F)cc3)NO2)c1. The average Bonchev–Trinajstić information content (AvgIpc) is 2.93. The maximum atomic E-state index is 13.8. The highest BCUT2D eigenvalue weighted by Gasteiger charge is 2.59. The van der Waals surface area contributed by atoms with Crippen molar-refractivity contribution in [2.45, 2.75) is 25.6 Å². The maximum absolute atomic E-state index is 13.8. The molecule has 2 nitrogen and oxygen atoms in total. The predicted octanol–water partition coefficient (Wildman–Crippen LogP) is 4.78. The van der Waals surface area contributed by atoms with Crippen molar-refractivity contribution in [2.75, 3.05) is 0 Å². The summed E-state index contributed by atoms with van der Waals surface area (Å²) in [4.78, 5) is 5.04. The predicted molar refractivity (Wildman–Crippen MR) is 82.2 cm³/mol. The number of benzene rings is 2. The minimum absolute atomic E-state index is 0.00267. The van der Waals surface area contributed by atoms with Crippen LogP contribution in [0.4, 0.5) is 17.6 Å². The van der Waals surface area contributed by atoms with Crippen molar-refractivity contribution in [2.24, 2.45) is 0 Å². The second kappa shape index (κ2) is 5.63. The third-order valence-corrected chi connectivity index (χ3v) is 3.90. The normalized spacial score (nSPS) is 20.7. The summed E-state index contributed by atoms with van der Waals surface area (Å²) in [5, 5.41) is 0. The van der Waals surface area contributed by atoms with Crippen LogP contribution in [0.15, 0.2) is 48.5 Å². The molecule has 1 heterocycles. The summed E-state index contributed by atoms with van der Waals surface area (Å²) in [5.74, 6) is -0.463. The van der Waals surface area contributed by atoms with Crippen molar-refractivity contribution in [3.8, 4) is 0 Å². The largest absolute Gasteiger partial charge is 0.428 e. The van der Waals surface area contributed by atoms with Crippen LogP contribution in [0.25, 0.3) is 5.70 Å². The van der Waals surface area contributed by atoms with E-state index in [0.29, 0.717) is 16.7 Å². The van der Waals surface area contributed by atoms with E-state index in [2.05, 4.69) is 5.48 Å². The number of alkyl halides is 3. The zero-order chi connectivity index (χ0) is 17.5. The lowest BCUT2D eigenvalue weighted by atomic mass is 9.89. The second-order valence-corrected chi connectivity index (χ2v) is 5.88. The molecule has 126 valence electrons. The number of rotatable bonds is 2. The first-order chi connectivity index (χ1) is 11.2. The number of hydrogen-bond acceptors (Lipinski definition) is 2. The lowest BCUT2D eigenvalue weighted by molar-refractivity contribution is -0.269. The van der Waals surface area contributed by atoms with E-state index in [9.17, 15) is 17.6 Å². The third-order valence-electron chi connectivity index (χ3n) is 3.90. The number of hydroxylamine groups is 1. The lowest BCUT2D eigenvalue weighted by Gasteiger charge is -2.29. The van der Waals surface area contributed by atoms with Crippen LogP contribution in [0.2, 0.25) is 0 Å². The minimum Gasteiger partial charge on any atom is -0.265 e. The fourth-order valence-electron chi connectivity index (χ4n) is 2.80. The molecule has 1 N–H and O–H groups in total. The van der Waals surface area contributed by atoms with Crippen molar-refractivity contribution in [3.63, 3.8) is 0 Å². The van der Waals surface area contributed by atoms with Crippen LogP contribution >= 0.6 is 0 Å². The molecule has 24 heavy (non-hydrogen) atoms. The molecule has 2 aromatic carbocycles. The van der Waals surface area contributed by atoms with Crippen molar-refractivity contribution in [1.29, 1.82) is 0 Å². The smallest absolute Gasteiger partial charge is 0.265 e. The first-order valence-corrected chi connectivity index (χ1v) is 7.29. The Bertz CT molecular complexity index is 775. The molecule has 1 unspecified atom stereocenters. The zero-order valence-electron chi connectivity index (χ0n) is 13.0. The van der Waals surface area contributed by atoms with Gasteiger partial charge >= 0.3 is 6.18 Å². The van der Waals surface area contributed by atoms with Gasteiger partial charge in [-0.25, -0.2) is 4.39 Å². The highest BCUT2D eigenvalue weighted by atomic mass is 19.4. The van der Waals surface area contributed by atoms with Gasteiger partial charge in [0, 0.05) is 5.56 Å². The van der Waals surface area contributed by atoms with E-state index < -0.39 is 17.6 Å². The molecule has 1 aliphatic heterocycles. The molecule has 3 rings (SSSR count). The summed E-state index contributed by atoms with van der Waals surface area (Å²) in [5.41, 5.74) is 1.73. The van der Waals surface area contributed by atoms with E-state index >= 15 is 0 Å². The van der Waals surface area contributed by atoms with Gasteiger partial charge in [0.2, 0.25) is 5.60 Å². The number of hydrogen-bond donors (Lipinski definition) is 1. The summed E-state index contributed by atoms with van der Waals surface area (Å²) in [6.07, 6.45) is -3.67. The molecular formula is C18H15F4NO. The highest BCUT2D eigenvalue weighted by Crippen LogP contribution is 2.47. The monoisotopic (exact) mass is 337 g/mol. The Morgan fingerprint density at radius 2 is 1.54 bits per heavy atom. The molecule has 0 saturated carbocycles. The van der Waals surface area contributed by atoms with Crippen LogP contribution in [0.3, 0.4) is 0 Å². The van der Waals surface area contributed by atoms with Gasteiger partial charge in [-0.3, -0.25) is 10.3 Å². The Morgan fingerprint density at radius 1 is 0.958 bits per heavy atom. The van der Waals surface area contributed by atoms with Crippen LogP contribution in [0.1, 0.15) is 22.3 Å². The second-order valence-electron chi connectivity index (χ2n) is 5.88. The molecular weight excluding hydrogens is 322 g/mol. The number of nitrogens with one attached hydrogen (secondary N) is 1. The van der Waals surface area contributed by atoms with E-state index in [1.807, 2.05) is 0 Å². The van der Waals surface area contributed by atoms with Gasteiger partial charge < -0.3 is 0 Å². The Kier molecular flexibility index (Phi) is 3.87. The average molecular weight is 337 g/mol. The Hall–Kier alpha value is -2.34. The summed E-state index contributed by atoms with van der Waals surface area (Å²) in [6.45, 7) is 3.46. The van der Waals surface area contributed by atoms with Crippen LogP contribution in [0.5, 0.6) is 0 Å². The molecule has 0 aliphatic carbocycles. The Morgan fingerprint density at radius 3 is 2.08 bits per heavy atom. The zero-order valence-corrected chi connectivity index (χ0v) is 13.0. The van der Waals surface area contributed by atoms with Gasteiger partial charge in [-0.1, -0.05) is 29.3 Å². The van der Waals surface area contributed by atoms with Gasteiger partial charge in [-0.2, -0.15) is 13.2 Å². The van der Waals surface area contributed by atoms with E-state index in [4.69, 9.17) is 4.84 Å². The molecule has 6 heteroatoms. The quantitative estimate of drug-likeness (QED) is 0.797. The van der Waals surface area contributed by atoms with Crippen LogP contribution in [-0.4, -0.2) is 6.18 Å². The standard InChI is InChI=1S/C18H15F4NO/c1-11-7-12(2)9-14(8-11)17(18(20,21)22)10-16(23-24-17)13-3-5-15(19)6-4-13/h3-10,23H,1-2H3. The number of aryl methyl sites for hydroxylation is 2. The molecule has 0 spiro atoms. The van der Waals surface area contributed by atoms with Crippen LogP contribution in [-0.2, 0) is 10.4 Å². The summed E-state index contributed by atoms with van der Waals surface area (Å²) >= 11 is 0. The van der Waals surface area contributed by atoms with Gasteiger partial charge in [0.15, 0.2) is 0 Å². The molecule has 0 saturated heterocycles. The summed E-state index contributed by atoms with van der Waals surface area (Å²) in [6, 6.07) is 9.85. The van der Waals surface area contributed by atoms with E-state index in [1.54, 1.807) is 19.9 Å². The topological polar surface area (TPSA) is 21.3 Å². The van der Waals surface area contributed by atoms with Crippen molar-refractivity contribution in [3.05, 3.63) is 76.6 Å². The van der Waals surface area contributed by atoms with Crippen molar-refractivity contribution in [1.82, 2.24) is 5.48 Å². The van der Waals surface area contributed by atoms with E-state index in [1.165, 1.54) is 36.4 Å². The minimum atomic E-state index is -4.66. The maximum Gasteiger partial charge on any atom is 0.428 e. The summed E-state index contributed by atoms with van der Waals surface area (Å²) in [7, 11) is 0. The summed E-state index contributed by atoms with van der Waals surface area (Å²) < 4.78 is 54.6. The van der Waals surface area contributed by atoms with Gasteiger partial charge in [0.05, 0.1) is 5.70 Å². The molecule has 2 aromatic rings. The van der Waals surface area contributed by atoms with Gasteiger partial charge in [-0.05, 0) is 49.8 Å². The first-order valence-electron chi connectivity index (χ1n) is 7.29. The number of halogens is 4. The van der Waals surface area contributed by atoms with Crippen LogP contribution in [0, 0.1) is 19.7 Å². The molecule has 1 aliphatic rings. The molecule has 0 fully saturated rings. The molecule has 0 bridgehead atoms. The van der Waals surface area contributed by atoms with E-state index in [0.717, 1.165) is 6.08 Å². The third kappa shape index (κ3) is 2.78. The fourth-order valence-corrected chi connectivity index (χ4v) is 2.80. The van der Waals surface area contributed by atoms with Crippen molar-refractivity contribution < 1.29 is 22.4 Å². The van der Waals surface area contributed by atoms with Crippen LogP contribution < -0.4 is 5.48 Å².